The number of carbonyl (C=O) groups excluding carboxylic acids is 3. The molecule has 2 aromatic rings. The molecule has 0 heterocycles. The predicted molar refractivity (Wildman–Crippen MR) is 142 cm³/mol. The number of aliphatic hydroxyl groups excluding tert-OH is 1. The lowest BCUT2D eigenvalue weighted by atomic mass is 9.97. The Hall–Kier alpha value is -4.17. The van der Waals surface area contributed by atoms with Crippen LogP contribution in [0.15, 0.2) is 60.7 Å². The summed E-state index contributed by atoms with van der Waals surface area (Å²) in [6, 6.07) is 6.56. The van der Waals surface area contributed by atoms with E-state index in [1.807, 2.05) is 6.92 Å². The molecule has 0 bridgehead atoms. The molecule has 1 N–H and O–H groups in total. The summed E-state index contributed by atoms with van der Waals surface area (Å²) >= 11 is 0. The summed E-state index contributed by atoms with van der Waals surface area (Å²) in [4.78, 5) is 37.3. The van der Waals surface area contributed by atoms with Crippen LogP contribution < -0.4 is 18.9 Å². The van der Waals surface area contributed by atoms with Crippen molar-refractivity contribution in [1.82, 2.24) is 0 Å². The highest BCUT2D eigenvalue weighted by Crippen LogP contribution is 2.54. The van der Waals surface area contributed by atoms with E-state index in [0.29, 0.717) is 22.3 Å². The standard InChI is InChI=1S/C30H32O8/c1-14(2)27(31)35-22-11-10-19-21-13-24(37-29(33)16(5)6)23(36-28(32)15(3)4)12-20(21)18(9)25(19)26(22)38-30(34)17(7)8/h10-13,16,18,28,32H,1,3,7H2,2,4-6,8-9H3. The van der Waals surface area contributed by atoms with Gasteiger partial charge in [0, 0.05) is 22.6 Å². The molecule has 1 aliphatic rings. The third kappa shape index (κ3) is 5.70. The first-order valence-electron chi connectivity index (χ1n) is 12.0. The van der Waals surface area contributed by atoms with Crippen molar-refractivity contribution in [3.05, 3.63) is 71.8 Å². The van der Waals surface area contributed by atoms with E-state index in [1.54, 1.807) is 39.0 Å². The van der Waals surface area contributed by atoms with Gasteiger partial charge < -0.3 is 24.1 Å². The largest absolute Gasteiger partial charge is 0.457 e. The van der Waals surface area contributed by atoms with Crippen LogP contribution >= 0.6 is 0 Å². The monoisotopic (exact) mass is 520 g/mol. The molecular formula is C30H32O8. The van der Waals surface area contributed by atoms with Crippen LogP contribution in [-0.4, -0.2) is 29.3 Å². The highest BCUT2D eigenvalue weighted by molar-refractivity contribution is 5.93. The van der Waals surface area contributed by atoms with Crippen LogP contribution in [0.2, 0.25) is 0 Å². The Labute approximate surface area is 222 Å². The van der Waals surface area contributed by atoms with Gasteiger partial charge in [0.1, 0.15) is 0 Å². The van der Waals surface area contributed by atoms with Crippen LogP contribution in [0.3, 0.4) is 0 Å². The number of carbonyl (C=O) groups is 3. The SMILES string of the molecule is C=C(C)C(=O)Oc1ccc2c(c1OC(=O)C(=C)C)C(C)c1cc(OC(O)C(=C)C)c(OC(=O)C(C)C)cc1-2. The minimum Gasteiger partial charge on any atom is -0.457 e. The number of aliphatic hydroxyl groups is 1. The molecule has 0 spiro atoms. The lowest BCUT2D eigenvalue weighted by molar-refractivity contribution is -0.138. The van der Waals surface area contributed by atoms with Gasteiger partial charge in [-0.2, -0.15) is 0 Å². The molecule has 38 heavy (non-hydrogen) atoms. The number of hydrogen-bond donors (Lipinski definition) is 1. The molecule has 0 fully saturated rings. The number of benzene rings is 2. The van der Waals surface area contributed by atoms with Gasteiger partial charge in [0.2, 0.25) is 6.29 Å². The van der Waals surface area contributed by atoms with E-state index in [0.717, 1.165) is 5.56 Å². The summed E-state index contributed by atoms with van der Waals surface area (Å²) in [5.41, 5.74) is 3.41. The van der Waals surface area contributed by atoms with E-state index in [2.05, 4.69) is 19.7 Å². The molecule has 0 aromatic heterocycles. The second-order valence-electron chi connectivity index (χ2n) is 9.69. The van der Waals surface area contributed by atoms with Crippen LogP contribution in [0.1, 0.15) is 58.6 Å². The van der Waals surface area contributed by atoms with Crippen molar-refractivity contribution in [3.63, 3.8) is 0 Å². The van der Waals surface area contributed by atoms with Crippen molar-refractivity contribution in [2.24, 2.45) is 5.92 Å². The minimum absolute atomic E-state index is 0.0478. The maximum Gasteiger partial charge on any atom is 0.338 e. The zero-order valence-corrected chi connectivity index (χ0v) is 22.5. The van der Waals surface area contributed by atoms with Gasteiger partial charge >= 0.3 is 17.9 Å². The molecule has 8 heteroatoms. The maximum absolute atomic E-state index is 12.5. The van der Waals surface area contributed by atoms with Crippen molar-refractivity contribution in [2.75, 3.05) is 0 Å². The van der Waals surface area contributed by atoms with Crippen LogP contribution in [0.25, 0.3) is 11.1 Å². The average molecular weight is 521 g/mol. The van der Waals surface area contributed by atoms with Crippen molar-refractivity contribution in [1.29, 1.82) is 0 Å². The fourth-order valence-electron chi connectivity index (χ4n) is 3.74. The molecule has 0 saturated carbocycles. The highest BCUT2D eigenvalue weighted by Gasteiger charge is 2.34. The Bertz CT molecular complexity index is 1360. The third-order valence-electron chi connectivity index (χ3n) is 5.90. The molecule has 0 saturated heterocycles. The predicted octanol–water partition coefficient (Wildman–Crippen LogP) is 5.62. The van der Waals surface area contributed by atoms with E-state index < -0.39 is 30.1 Å². The van der Waals surface area contributed by atoms with Crippen LogP contribution in [0.5, 0.6) is 23.0 Å². The number of rotatable bonds is 9. The topological polar surface area (TPSA) is 108 Å². The number of ether oxygens (including phenoxy) is 4. The normalized spacial score (nSPS) is 14.2. The van der Waals surface area contributed by atoms with Crippen molar-refractivity contribution < 1.29 is 38.4 Å². The van der Waals surface area contributed by atoms with Gasteiger partial charge in [-0.25, -0.2) is 9.59 Å². The summed E-state index contributed by atoms with van der Waals surface area (Å²) in [6.45, 7) is 20.8. The number of hydrogen-bond acceptors (Lipinski definition) is 8. The first-order valence-corrected chi connectivity index (χ1v) is 12.0. The first kappa shape index (κ1) is 28.4. The summed E-state index contributed by atoms with van der Waals surface area (Å²) in [5.74, 6) is -2.25. The van der Waals surface area contributed by atoms with Crippen LogP contribution in [-0.2, 0) is 14.4 Å². The Balaban J connectivity index is 2.22. The maximum atomic E-state index is 12.5. The van der Waals surface area contributed by atoms with Gasteiger partial charge in [-0.05, 0) is 61.2 Å². The Kier molecular flexibility index (Phi) is 8.27. The molecule has 0 radical (unpaired) electrons. The zero-order valence-electron chi connectivity index (χ0n) is 22.5. The van der Waals surface area contributed by atoms with Gasteiger partial charge in [-0.15, -0.1) is 0 Å². The Morgan fingerprint density at radius 2 is 1.45 bits per heavy atom. The summed E-state index contributed by atoms with van der Waals surface area (Å²) in [7, 11) is 0. The van der Waals surface area contributed by atoms with E-state index in [1.165, 1.54) is 19.9 Å². The third-order valence-corrected chi connectivity index (χ3v) is 5.90. The second kappa shape index (κ2) is 11.1. The molecule has 1 aliphatic carbocycles. The smallest absolute Gasteiger partial charge is 0.338 e. The van der Waals surface area contributed by atoms with E-state index in [4.69, 9.17) is 18.9 Å². The molecular weight excluding hydrogens is 488 g/mol. The molecule has 8 nitrogen and oxygen atoms in total. The number of esters is 3. The van der Waals surface area contributed by atoms with Crippen LogP contribution in [0, 0.1) is 5.92 Å². The quantitative estimate of drug-likeness (QED) is 0.149. The molecule has 2 aromatic carbocycles. The highest BCUT2D eigenvalue weighted by atomic mass is 16.6. The van der Waals surface area contributed by atoms with Gasteiger partial charge in [0.05, 0.1) is 5.92 Å². The molecule has 0 amide bonds. The van der Waals surface area contributed by atoms with Gasteiger partial charge in [-0.3, -0.25) is 4.79 Å². The minimum atomic E-state index is -1.33. The fourth-order valence-corrected chi connectivity index (χ4v) is 3.74. The summed E-state index contributed by atoms with van der Waals surface area (Å²) in [6.07, 6.45) is -1.33. The molecule has 3 rings (SSSR count). The average Bonchev–Trinajstić information content (AvgIpc) is 3.11. The van der Waals surface area contributed by atoms with Gasteiger partial charge in [0.15, 0.2) is 23.0 Å². The van der Waals surface area contributed by atoms with E-state index in [9.17, 15) is 19.5 Å². The lowest BCUT2D eigenvalue weighted by Gasteiger charge is -2.19. The molecule has 0 aliphatic heterocycles. The van der Waals surface area contributed by atoms with E-state index in [-0.39, 0.29) is 40.1 Å². The summed E-state index contributed by atoms with van der Waals surface area (Å²) in [5, 5.41) is 10.3. The number of fused-ring (bicyclic) bond motifs is 3. The summed E-state index contributed by atoms with van der Waals surface area (Å²) < 4.78 is 22.5. The van der Waals surface area contributed by atoms with Crippen molar-refractivity contribution >= 4 is 17.9 Å². The fraction of sp³-hybridized carbons (Fsp3) is 0.300. The Morgan fingerprint density at radius 1 is 0.842 bits per heavy atom. The van der Waals surface area contributed by atoms with E-state index >= 15 is 0 Å². The van der Waals surface area contributed by atoms with Gasteiger partial charge in [0.25, 0.3) is 0 Å². The first-order chi connectivity index (χ1) is 17.7. The molecule has 2 unspecified atom stereocenters. The second-order valence-corrected chi connectivity index (χ2v) is 9.69. The molecule has 2 atom stereocenters. The zero-order chi connectivity index (χ0) is 28.5. The molecule has 200 valence electrons. The van der Waals surface area contributed by atoms with Crippen molar-refractivity contribution in [2.45, 2.75) is 53.8 Å². The van der Waals surface area contributed by atoms with Crippen LogP contribution in [0.4, 0.5) is 0 Å². The Morgan fingerprint density at radius 3 is 2.00 bits per heavy atom. The lowest BCUT2D eigenvalue weighted by Crippen LogP contribution is -2.19. The van der Waals surface area contributed by atoms with Crippen molar-refractivity contribution in [3.8, 4) is 34.1 Å². The van der Waals surface area contributed by atoms with Gasteiger partial charge in [-0.1, -0.05) is 46.6 Å².